The first-order valence-electron chi connectivity index (χ1n) is 9.34. The van der Waals surface area contributed by atoms with Gasteiger partial charge >= 0.3 is 0 Å². The highest BCUT2D eigenvalue weighted by Crippen LogP contribution is 2.34. The van der Waals surface area contributed by atoms with Crippen molar-refractivity contribution in [2.45, 2.75) is 46.0 Å². The van der Waals surface area contributed by atoms with E-state index in [0.717, 1.165) is 29.9 Å². The number of rotatable bonds is 5. The third-order valence-electron chi connectivity index (χ3n) is 5.20. The van der Waals surface area contributed by atoms with E-state index in [0.29, 0.717) is 5.56 Å². The van der Waals surface area contributed by atoms with Gasteiger partial charge in [-0.05, 0) is 74.6 Å². The molecule has 0 heterocycles. The number of aryl methyl sites for hydroxylation is 1. The molecule has 1 heteroatoms. The van der Waals surface area contributed by atoms with Gasteiger partial charge in [-0.2, -0.15) is 0 Å². The lowest BCUT2D eigenvalue weighted by atomic mass is 9.84. The number of hydrogen-bond donors (Lipinski definition) is 0. The van der Waals surface area contributed by atoms with Crippen LogP contribution in [0.2, 0.25) is 0 Å². The molecule has 130 valence electrons. The van der Waals surface area contributed by atoms with Crippen molar-refractivity contribution < 1.29 is 4.39 Å². The van der Waals surface area contributed by atoms with Crippen molar-refractivity contribution in [1.29, 1.82) is 0 Å². The van der Waals surface area contributed by atoms with Crippen LogP contribution in [0.4, 0.5) is 4.39 Å². The molecule has 0 amide bonds. The SMILES string of the molecule is CC=CCCC1CC=C(c2ccc(-c3ccc(C)cc3)c(F)c2)CC1. The number of hydrogen-bond acceptors (Lipinski definition) is 0. The minimum atomic E-state index is -0.127. The van der Waals surface area contributed by atoms with Crippen molar-refractivity contribution >= 4 is 5.57 Å². The van der Waals surface area contributed by atoms with Gasteiger partial charge in [0.2, 0.25) is 0 Å². The molecule has 2 aromatic carbocycles. The zero-order chi connectivity index (χ0) is 17.6. The minimum absolute atomic E-state index is 0.127. The van der Waals surface area contributed by atoms with Crippen LogP contribution in [0.25, 0.3) is 16.7 Å². The van der Waals surface area contributed by atoms with Crippen molar-refractivity contribution in [2.24, 2.45) is 5.92 Å². The van der Waals surface area contributed by atoms with E-state index in [4.69, 9.17) is 0 Å². The normalized spacial score (nSPS) is 17.7. The summed E-state index contributed by atoms with van der Waals surface area (Å²) in [5.41, 5.74) is 5.16. The van der Waals surface area contributed by atoms with Crippen LogP contribution in [0.15, 0.2) is 60.7 Å². The van der Waals surface area contributed by atoms with Gasteiger partial charge < -0.3 is 0 Å². The van der Waals surface area contributed by atoms with Crippen LogP contribution >= 0.6 is 0 Å². The van der Waals surface area contributed by atoms with Crippen molar-refractivity contribution in [3.8, 4) is 11.1 Å². The molecule has 3 rings (SSSR count). The summed E-state index contributed by atoms with van der Waals surface area (Å²) in [6.07, 6.45) is 12.5. The second kappa shape index (κ2) is 8.29. The van der Waals surface area contributed by atoms with Gasteiger partial charge in [0.1, 0.15) is 5.82 Å². The third-order valence-corrected chi connectivity index (χ3v) is 5.20. The molecule has 0 radical (unpaired) electrons. The lowest BCUT2D eigenvalue weighted by Gasteiger charge is -2.22. The predicted octanol–water partition coefficient (Wildman–Crippen LogP) is 7.34. The summed E-state index contributed by atoms with van der Waals surface area (Å²) in [4.78, 5) is 0. The molecule has 0 aromatic heterocycles. The van der Waals surface area contributed by atoms with Crippen LogP contribution in [0.1, 0.15) is 50.2 Å². The highest BCUT2D eigenvalue weighted by molar-refractivity contribution is 5.71. The Morgan fingerprint density at radius 1 is 1.08 bits per heavy atom. The Morgan fingerprint density at radius 3 is 2.48 bits per heavy atom. The zero-order valence-corrected chi connectivity index (χ0v) is 15.3. The first-order valence-corrected chi connectivity index (χ1v) is 9.34. The van der Waals surface area contributed by atoms with Crippen molar-refractivity contribution in [1.82, 2.24) is 0 Å². The third kappa shape index (κ3) is 4.48. The molecular weight excluding hydrogens is 307 g/mol. The van der Waals surface area contributed by atoms with E-state index in [1.165, 1.54) is 30.4 Å². The molecule has 1 aliphatic rings. The van der Waals surface area contributed by atoms with Crippen LogP contribution < -0.4 is 0 Å². The smallest absolute Gasteiger partial charge is 0.131 e. The van der Waals surface area contributed by atoms with Crippen LogP contribution in [-0.4, -0.2) is 0 Å². The highest BCUT2D eigenvalue weighted by atomic mass is 19.1. The second-order valence-corrected chi connectivity index (χ2v) is 7.08. The van der Waals surface area contributed by atoms with E-state index in [9.17, 15) is 4.39 Å². The standard InChI is InChI=1S/C24H27F/c1-3-4-5-6-19-9-13-20(14-10-19)22-15-16-23(24(25)17-22)21-11-7-18(2)8-12-21/h3-4,7-8,11-13,15-17,19H,5-6,9-10,14H2,1-2H3. The molecule has 1 aliphatic carbocycles. The molecule has 0 N–H and O–H groups in total. The number of halogens is 1. The van der Waals surface area contributed by atoms with E-state index < -0.39 is 0 Å². The van der Waals surface area contributed by atoms with Crippen molar-refractivity contribution in [2.75, 3.05) is 0 Å². The number of allylic oxidation sites excluding steroid dienone is 4. The van der Waals surface area contributed by atoms with E-state index in [1.54, 1.807) is 6.07 Å². The van der Waals surface area contributed by atoms with Gasteiger partial charge in [-0.1, -0.05) is 60.2 Å². The summed E-state index contributed by atoms with van der Waals surface area (Å²) in [5.74, 6) is 0.647. The van der Waals surface area contributed by atoms with E-state index >= 15 is 0 Å². The Morgan fingerprint density at radius 2 is 1.84 bits per heavy atom. The summed E-state index contributed by atoms with van der Waals surface area (Å²) < 4.78 is 14.6. The van der Waals surface area contributed by atoms with Crippen LogP contribution in [-0.2, 0) is 0 Å². The Labute approximate surface area is 151 Å². The molecule has 0 saturated carbocycles. The van der Waals surface area contributed by atoms with Gasteiger partial charge in [0, 0.05) is 5.56 Å². The largest absolute Gasteiger partial charge is 0.206 e. The van der Waals surface area contributed by atoms with Gasteiger partial charge in [0.15, 0.2) is 0 Å². The van der Waals surface area contributed by atoms with E-state index in [-0.39, 0.29) is 5.82 Å². The maximum absolute atomic E-state index is 14.6. The summed E-state index contributed by atoms with van der Waals surface area (Å²) in [6, 6.07) is 13.7. The predicted molar refractivity (Wildman–Crippen MR) is 106 cm³/mol. The summed E-state index contributed by atoms with van der Waals surface area (Å²) in [5, 5.41) is 0. The van der Waals surface area contributed by atoms with E-state index in [1.807, 2.05) is 37.3 Å². The first kappa shape index (κ1) is 17.7. The average Bonchev–Trinajstić information content (AvgIpc) is 2.63. The lowest BCUT2D eigenvalue weighted by Crippen LogP contribution is -2.05. The monoisotopic (exact) mass is 334 g/mol. The summed E-state index contributed by atoms with van der Waals surface area (Å²) >= 11 is 0. The lowest BCUT2D eigenvalue weighted by molar-refractivity contribution is 0.454. The molecule has 1 unspecified atom stereocenters. The van der Waals surface area contributed by atoms with Crippen LogP contribution in [0.3, 0.4) is 0 Å². The van der Waals surface area contributed by atoms with Gasteiger partial charge in [0.25, 0.3) is 0 Å². The van der Waals surface area contributed by atoms with Crippen LogP contribution in [0, 0.1) is 18.7 Å². The Bertz CT molecular complexity index is 765. The summed E-state index contributed by atoms with van der Waals surface area (Å²) in [7, 11) is 0. The second-order valence-electron chi connectivity index (χ2n) is 7.08. The molecule has 0 fully saturated rings. The summed E-state index contributed by atoms with van der Waals surface area (Å²) in [6.45, 7) is 4.12. The fourth-order valence-corrected chi connectivity index (χ4v) is 3.59. The minimum Gasteiger partial charge on any atom is -0.206 e. The molecule has 0 nitrogen and oxygen atoms in total. The molecule has 0 saturated heterocycles. The van der Waals surface area contributed by atoms with Crippen molar-refractivity contribution in [3.05, 3.63) is 77.6 Å². The van der Waals surface area contributed by atoms with E-state index in [2.05, 4.69) is 31.2 Å². The first-order chi connectivity index (χ1) is 12.2. The topological polar surface area (TPSA) is 0 Å². The fraction of sp³-hybridized carbons (Fsp3) is 0.333. The van der Waals surface area contributed by atoms with Gasteiger partial charge in [-0.3, -0.25) is 0 Å². The fourth-order valence-electron chi connectivity index (χ4n) is 3.59. The maximum Gasteiger partial charge on any atom is 0.131 e. The highest BCUT2D eigenvalue weighted by Gasteiger charge is 2.16. The average molecular weight is 334 g/mol. The molecule has 0 aliphatic heterocycles. The molecular formula is C24H27F. The Balaban J connectivity index is 1.72. The van der Waals surface area contributed by atoms with Gasteiger partial charge in [-0.25, -0.2) is 4.39 Å². The Kier molecular flexibility index (Phi) is 5.86. The van der Waals surface area contributed by atoms with Crippen molar-refractivity contribution in [3.63, 3.8) is 0 Å². The Hall–Kier alpha value is -2.15. The molecule has 1 atom stereocenters. The molecule has 0 bridgehead atoms. The quantitative estimate of drug-likeness (QED) is 0.502. The zero-order valence-electron chi connectivity index (χ0n) is 15.3. The molecule has 0 spiro atoms. The van der Waals surface area contributed by atoms with Gasteiger partial charge in [-0.15, -0.1) is 0 Å². The van der Waals surface area contributed by atoms with Gasteiger partial charge in [0.05, 0.1) is 0 Å². The van der Waals surface area contributed by atoms with Crippen LogP contribution in [0.5, 0.6) is 0 Å². The maximum atomic E-state index is 14.6. The number of benzene rings is 2. The molecule has 2 aromatic rings. The molecule has 25 heavy (non-hydrogen) atoms.